The van der Waals surface area contributed by atoms with Gasteiger partial charge >= 0.3 is 0 Å². The molecule has 1 aliphatic heterocycles. The Labute approximate surface area is 152 Å². The third-order valence-corrected chi connectivity index (χ3v) is 5.70. The molecule has 0 spiro atoms. The van der Waals surface area contributed by atoms with Crippen LogP contribution in [0.25, 0.3) is 16.7 Å². The second kappa shape index (κ2) is 6.30. The standard InChI is InChI=1S/C21H22N4O/c22-12-17-15-7-1-2-8-16(15)20(23-13-14-6-5-11-26-14)25-19-10-4-3-9-18(19)24-21(17)25/h3-4,9-10,14,23H,1-2,5-8,11,13H2/t14-/m0/s1. The number of hydrogen-bond acceptors (Lipinski definition) is 4. The van der Waals surface area contributed by atoms with Crippen molar-refractivity contribution in [1.29, 1.82) is 5.26 Å². The van der Waals surface area contributed by atoms with E-state index >= 15 is 0 Å². The van der Waals surface area contributed by atoms with Crippen LogP contribution in [0.4, 0.5) is 5.82 Å². The number of rotatable bonds is 3. The predicted octanol–water partition coefficient (Wildman–Crippen LogP) is 3.83. The Balaban J connectivity index is 1.75. The SMILES string of the molecule is N#Cc1c2c(c(NC[C@@H]3CCCO3)n3c1nc1ccccc13)CCCC2. The smallest absolute Gasteiger partial charge is 0.157 e. The quantitative estimate of drug-likeness (QED) is 0.783. The van der Waals surface area contributed by atoms with Crippen molar-refractivity contribution in [2.75, 3.05) is 18.5 Å². The van der Waals surface area contributed by atoms with Gasteiger partial charge < -0.3 is 10.1 Å². The number of nitrogens with one attached hydrogen (secondary N) is 1. The van der Waals surface area contributed by atoms with Crippen LogP contribution < -0.4 is 5.32 Å². The van der Waals surface area contributed by atoms with E-state index in [1.807, 2.05) is 18.2 Å². The third-order valence-electron chi connectivity index (χ3n) is 5.70. The Morgan fingerprint density at radius 3 is 2.85 bits per heavy atom. The maximum Gasteiger partial charge on any atom is 0.157 e. The van der Waals surface area contributed by atoms with Crippen LogP contribution in [0.1, 0.15) is 42.4 Å². The molecule has 0 unspecified atom stereocenters. The number of hydrogen-bond donors (Lipinski definition) is 1. The van der Waals surface area contributed by atoms with E-state index in [1.165, 1.54) is 17.5 Å². The highest BCUT2D eigenvalue weighted by Crippen LogP contribution is 2.35. The van der Waals surface area contributed by atoms with Crippen molar-refractivity contribution in [1.82, 2.24) is 9.38 Å². The average Bonchev–Trinajstić information content (AvgIpc) is 3.33. The number of fused-ring (bicyclic) bond motifs is 4. The molecule has 0 amide bonds. The van der Waals surface area contributed by atoms with Crippen LogP contribution >= 0.6 is 0 Å². The molecular weight excluding hydrogens is 324 g/mol. The summed E-state index contributed by atoms with van der Waals surface area (Å²) in [6.07, 6.45) is 6.82. The maximum atomic E-state index is 9.87. The second-order valence-electron chi connectivity index (χ2n) is 7.28. The van der Waals surface area contributed by atoms with Crippen LogP contribution in [-0.4, -0.2) is 28.6 Å². The minimum absolute atomic E-state index is 0.273. The van der Waals surface area contributed by atoms with Crippen molar-refractivity contribution >= 4 is 22.5 Å². The minimum atomic E-state index is 0.273. The van der Waals surface area contributed by atoms with Crippen molar-refractivity contribution in [2.24, 2.45) is 0 Å². The normalized spacial score (nSPS) is 19.6. The highest BCUT2D eigenvalue weighted by molar-refractivity contribution is 5.86. The number of pyridine rings is 1. The molecule has 2 aromatic heterocycles. The fraction of sp³-hybridized carbons (Fsp3) is 0.429. The summed E-state index contributed by atoms with van der Waals surface area (Å²) in [4.78, 5) is 4.80. The molecule has 3 heterocycles. The van der Waals surface area contributed by atoms with E-state index in [0.717, 1.165) is 73.3 Å². The number of imidazole rings is 1. The molecule has 1 atom stereocenters. The number of aromatic nitrogens is 2. The van der Waals surface area contributed by atoms with Crippen molar-refractivity contribution < 1.29 is 4.74 Å². The fourth-order valence-corrected chi connectivity index (χ4v) is 4.45. The molecule has 0 radical (unpaired) electrons. The summed E-state index contributed by atoms with van der Waals surface area (Å²) >= 11 is 0. The Morgan fingerprint density at radius 1 is 1.19 bits per heavy atom. The molecule has 1 saturated heterocycles. The van der Waals surface area contributed by atoms with Crippen molar-refractivity contribution in [3.8, 4) is 6.07 Å². The fourth-order valence-electron chi connectivity index (χ4n) is 4.45. The molecule has 2 aliphatic rings. The van der Waals surface area contributed by atoms with Crippen LogP contribution in [0.2, 0.25) is 0 Å². The van der Waals surface area contributed by atoms with E-state index in [4.69, 9.17) is 9.72 Å². The van der Waals surface area contributed by atoms with Gasteiger partial charge in [-0.15, -0.1) is 0 Å². The molecule has 26 heavy (non-hydrogen) atoms. The van der Waals surface area contributed by atoms with Gasteiger partial charge in [-0.2, -0.15) is 5.26 Å². The lowest BCUT2D eigenvalue weighted by atomic mass is 9.89. The van der Waals surface area contributed by atoms with Gasteiger partial charge in [0, 0.05) is 13.2 Å². The zero-order valence-corrected chi connectivity index (χ0v) is 14.8. The van der Waals surface area contributed by atoms with E-state index in [2.05, 4.69) is 21.9 Å². The van der Waals surface area contributed by atoms with Gasteiger partial charge in [0.15, 0.2) is 5.65 Å². The minimum Gasteiger partial charge on any atom is -0.376 e. The van der Waals surface area contributed by atoms with Gasteiger partial charge in [0.2, 0.25) is 0 Å². The molecular formula is C21H22N4O. The Bertz CT molecular complexity index is 1020. The summed E-state index contributed by atoms with van der Waals surface area (Å²) in [6.45, 7) is 1.67. The predicted molar refractivity (Wildman–Crippen MR) is 102 cm³/mol. The summed E-state index contributed by atoms with van der Waals surface area (Å²) in [5, 5.41) is 13.5. The first-order valence-electron chi connectivity index (χ1n) is 9.57. The molecule has 5 nitrogen and oxygen atoms in total. The highest BCUT2D eigenvalue weighted by Gasteiger charge is 2.25. The molecule has 5 heteroatoms. The average molecular weight is 346 g/mol. The first-order valence-corrected chi connectivity index (χ1v) is 9.57. The summed E-state index contributed by atoms with van der Waals surface area (Å²) in [7, 11) is 0. The first kappa shape index (κ1) is 15.7. The lowest BCUT2D eigenvalue weighted by molar-refractivity contribution is 0.120. The van der Waals surface area contributed by atoms with E-state index in [1.54, 1.807) is 0 Å². The molecule has 132 valence electrons. The first-order chi connectivity index (χ1) is 12.9. The van der Waals surface area contributed by atoms with Crippen LogP contribution in [0.3, 0.4) is 0 Å². The third kappa shape index (κ3) is 2.37. The zero-order valence-electron chi connectivity index (χ0n) is 14.8. The molecule has 5 rings (SSSR count). The van der Waals surface area contributed by atoms with Gasteiger partial charge in [-0.25, -0.2) is 4.98 Å². The van der Waals surface area contributed by atoms with E-state index in [0.29, 0.717) is 0 Å². The van der Waals surface area contributed by atoms with E-state index in [-0.39, 0.29) is 6.10 Å². The van der Waals surface area contributed by atoms with Gasteiger partial charge in [0.25, 0.3) is 0 Å². The van der Waals surface area contributed by atoms with E-state index in [9.17, 15) is 5.26 Å². The summed E-state index contributed by atoms with van der Waals surface area (Å²) in [5.74, 6) is 1.11. The van der Waals surface area contributed by atoms with Crippen LogP contribution in [0, 0.1) is 11.3 Å². The van der Waals surface area contributed by atoms with Crippen molar-refractivity contribution in [3.05, 3.63) is 41.0 Å². The number of nitrogens with zero attached hydrogens (tertiary/aromatic N) is 3. The monoisotopic (exact) mass is 346 g/mol. The topological polar surface area (TPSA) is 62.3 Å². The van der Waals surface area contributed by atoms with Crippen LogP contribution in [0.5, 0.6) is 0 Å². The molecule has 3 aromatic rings. The lowest BCUT2D eigenvalue weighted by Gasteiger charge is -2.24. The Hall–Kier alpha value is -2.58. The molecule has 1 N–H and O–H groups in total. The van der Waals surface area contributed by atoms with Crippen molar-refractivity contribution in [3.63, 3.8) is 0 Å². The summed E-state index contributed by atoms with van der Waals surface area (Å²) in [5.41, 5.74) is 6.01. The second-order valence-corrected chi connectivity index (χ2v) is 7.28. The maximum absolute atomic E-state index is 9.87. The van der Waals surface area contributed by atoms with Gasteiger partial charge in [-0.05, 0) is 61.8 Å². The van der Waals surface area contributed by atoms with Gasteiger partial charge in [-0.1, -0.05) is 12.1 Å². The molecule has 0 saturated carbocycles. The number of para-hydroxylation sites is 2. The zero-order chi connectivity index (χ0) is 17.5. The van der Waals surface area contributed by atoms with E-state index < -0.39 is 0 Å². The molecule has 1 aromatic carbocycles. The number of benzene rings is 1. The largest absolute Gasteiger partial charge is 0.376 e. The number of nitriles is 1. The summed E-state index contributed by atoms with van der Waals surface area (Å²) in [6, 6.07) is 10.6. The van der Waals surface area contributed by atoms with Crippen LogP contribution in [0.15, 0.2) is 24.3 Å². The number of ether oxygens (including phenoxy) is 1. The van der Waals surface area contributed by atoms with Gasteiger partial charge in [0.05, 0.1) is 22.7 Å². The molecule has 0 bridgehead atoms. The lowest BCUT2D eigenvalue weighted by Crippen LogP contribution is -2.22. The Kier molecular flexibility index (Phi) is 3.79. The van der Waals surface area contributed by atoms with Crippen molar-refractivity contribution in [2.45, 2.75) is 44.6 Å². The highest BCUT2D eigenvalue weighted by atomic mass is 16.5. The van der Waals surface area contributed by atoms with Gasteiger partial charge in [0.1, 0.15) is 11.9 Å². The Morgan fingerprint density at radius 2 is 2.04 bits per heavy atom. The molecule has 1 aliphatic carbocycles. The van der Waals surface area contributed by atoms with Gasteiger partial charge in [-0.3, -0.25) is 4.40 Å². The molecule has 1 fully saturated rings. The summed E-state index contributed by atoms with van der Waals surface area (Å²) < 4.78 is 7.96. The number of anilines is 1. The van der Waals surface area contributed by atoms with Crippen LogP contribution in [-0.2, 0) is 17.6 Å².